The minimum absolute atomic E-state index is 0.0310. The molecule has 8 nitrogen and oxygen atoms in total. The van der Waals surface area contributed by atoms with Gasteiger partial charge in [0.2, 0.25) is 0 Å². The Bertz CT molecular complexity index is 294. The van der Waals surface area contributed by atoms with E-state index >= 15 is 0 Å². The van der Waals surface area contributed by atoms with Crippen LogP contribution in [0, 0.1) is 0 Å². The summed E-state index contributed by atoms with van der Waals surface area (Å²) in [7, 11) is 1.33. The molecule has 3 N–H and O–H groups in total. The number of carboxylic acids is 1. The number of urea groups is 1. The van der Waals surface area contributed by atoms with Crippen LogP contribution in [0.3, 0.4) is 0 Å². The second kappa shape index (κ2) is 9.23. The molecule has 0 aromatic heterocycles. The van der Waals surface area contributed by atoms with Crippen LogP contribution in [-0.2, 0) is 19.1 Å². The number of carboxylic acid groups (broad SMARTS) is 1. The predicted molar refractivity (Wildman–Crippen MR) is 61.1 cm³/mol. The smallest absolute Gasteiger partial charge is 0.328 e. The van der Waals surface area contributed by atoms with Gasteiger partial charge in [-0.25, -0.2) is 9.59 Å². The first-order valence-corrected chi connectivity index (χ1v) is 5.43. The third-order valence-electron chi connectivity index (χ3n) is 1.86. The van der Waals surface area contributed by atoms with E-state index < -0.39 is 24.0 Å². The fourth-order valence-electron chi connectivity index (χ4n) is 1.06. The molecule has 0 saturated heterocycles. The van der Waals surface area contributed by atoms with E-state index in [-0.39, 0.29) is 26.2 Å². The third-order valence-corrected chi connectivity index (χ3v) is 1.86. The number of methoxy groups -OCH3 is 1. The molecule has 2 amide bonds. The van der Waals surface area contributed by atoms with E-state index in [1.165, 1.54) is 7.11 Å². The van der Waals surface area contributed by atoms with Crippen molar-refractivity contribution < 1.29 is 29.0 Å². The van der Waals surface area contributed by atoms with Crippen molar-refractivity contribution in [3.05, 3.63) is 0 Å². The van der Waals surface area contributed by atoms with Crippen molar-refractivity contribution in [3.8, 4) is 0 Å². The molecule has 18 heavy (non-hydrogen) atoms. The maximum atomic E-state index is 11.3. The molecule has 0 heterocycles. The molecular formula is C10H18N2O6. The second-order valence-corrected chi connectivity index (χ2v) is 3.30. The van der Waals surface area contributed by atoms with Crippen molar-refractivity contribution in [2.75, 3.05) is 26.9 Å². The minimum Gasteiger partial charge on any atom is -0.480 e. The lowest BCUT2D eigenvalue weighted by Gasteiger charge is -2.13. The highest BCUT2D eigenvalue weighted by atomic mass is 16.5. The highest BCUT2D eigenvalue weighted by Gasteiger charge is 2.19. The molecule has 0 aromatic carbocycles. The second-order valence-electron chi connectivity index (χ2n) is 3.30. The molecule has 0 spiro atoms. The molecule has 8 heteroatoms. The van der Waals surface area contributed by atoms with E-state index in [0.29, 0.717) is 0 Å². The van der Waals surface area contributed by atoms with E-state index in [1.807, 2.05) is 0 Å². The number of esters is 1. The first-order valence-electron chi connectivity index (χ1n) is 5.43. The van der Waals surface area contributed by atoms with Crippen LogP contribution < -0.4 is 10.6 Å². The molecule has 1 unspecified atom stereocenters. The standard InChI is InChI=1S/C10H18N2O6/c1-3-18-8(13)4-5-11-10(16)12-7(6-17-2)9(14)15/h7H,3-6H2,1-2H3,(H,14,15)(H2,11,12,16). The number of amides is 2. The number of hydrogen-bond acceptors (Lipinski definition) is 5. The molecule has 0 saturated carbocycles. The Hall–Kier alpha value is -1.83. The van der Waals surface area contributed by atoms with Crippen molar-refractivity contribution >= 4 is 18.0 Å². The van der Waals surface area contributed by atoms with Gasteiger partial charge in [-0.2, -0.15) is 0 Å². The maximum Gasteiger partial charge on any atom is 0.328 e. The van der Waals surface area contributed by atoms with Crippen LogP contribution >= 0.6 is 0 Å². The Morgan fingerprint density at radius 2 is 2.00 bits per heavy atom. The largest absolute Gasteiger partial charge is 0.480 e. The van der Waals surface area contributed by atoms with Gasteiger partial charge in [0.05, 0.1) is 19.6 Å². The molecule has 0 aromatic rings. The first-order chi connectivity index (χ1) is 8.51. The average Bonchev–Trinajstić information content (AvgIpc) is 2.28. The zero-order valence-corrected chi connectivity index (χ0v) is 10.4. The summed E-state index contributed by atoms with van der Waals surface area (Å²) >= 11 is 0. The van der Waals surface area contributed by atoms with Crippen LogP contribution in [0.4, 0.5) is 4.79 Å². The molecule has 0 radical (unpaired) electrons. The minimum atomic E-state index is -1.20. The van der Waals surface area contributed by atoms with Gasteiger partial charge in [-0.3, -0.25) is 4.79 Å². The van der Waals surface area contributed by atoms with Crippen molar-refractivity contribution in [1.29, 1.82) is 0 Å². The van der Waals surface area contributed by atoms with Crippen molar-refractivity contribution in [2.24, 2.45) is 0 Å². The van der Waals surface area contributed by atoms with E-state index in [2.05, 4.69) is 20.1 Å². The lowest BCUT2D eigenvalue weighted by Crippen LogP contribution is -2.48. The quantitative estimate of drug-likeness (QED) is 0.500. The Labute approximate surface area is 105 Å². The average molecular weight is 262 g/mol. The number of hydrogen-bond donors (Lipinski definition) is 3. The van der Waals surface area contributed by atoms with E-state index in [1.54, 1.807) is 6.92 Å². The summed E-state index contributed by atoms with van der Waals surface area (Å²) in [6.45, 7) is 1.89. The highest BCUT2D eigenvalue weighted by Crippen LogP contribution is 1.87. The van der Waals surface area contributed by atoms with Gasteiger partial charge in [0.1, 0.15) is 0 Å². The van der Waals surface area contributed by atoms with Gasteiger partial charge in [0.15, 0.2) is 6.04 Å². The van der Waals surface area contributed by atoms with Crippen LogP contribution in [0.1, 0.15) is 13.3 Å². The van der Waals surface area contributed by atoms with E-state index in [0.717, 1.165) is 0 Å². The monoisotopic (exact) mass is 262 g/mol. The van der Waals surface area contributed by atoms with Crippen LogP contribution in [0.15, 0.2) is 0 Å². The fourth-order valence-corrected chi connectivity index (χ4v) is 1.06. The predicted octanol–water partition coefficient (Wildman–Crippen LogP) is -0.662. The van der Waals surface area contributed by atoms with Crippen LogP contribution in [0.5, 0.6) is 0 Å². The summed E-state index contributed by atoms with van der Waals surface area (Å²) < 4.78 is 9.30. The highest BCUT2D eigenvalue weighted by molar-refractivity contribution is 5.82. The van der Waals surface area contributed by atoms with Crippen LogP contribution in [0.25, 0.3) is 0 Å². The van der Waals surface area contributed by atoms with Gasteiger partial charge < -0.3 is 25.2 Å². The number of nitrogens with one attached hydrogen (secondary N) is 2. The van der Waals surface area contributed by atoms with Gasteiger partial charge in [-0.05, 0) is 6.92 Å². The molecular weight excluding hydrogens is 244 g/mol. The third kappa shape index (κ3) is 7.44. The van der Waals surface area contributed by atoms with Crippen molar-refractivity contribution in [1.82, 2.24) is 10.6 Å². The topological polar surface area (TPSA) is 114 Å². The zero-order valence-electron chi connectivity index (χ0n) is 10.4. The molecule has 0 aliphatic heterocycles. The molecule has 0 aliphatic carbocycles. The van der Waals surface area contributed by atoms with Gasteiger partial charge in [-0.15, -0.1) is 0 Å². The van der Waals surface area contributed by atoms with E-state index in [9.17, 15) is 14.4 Å². The van der Waals surface area contributed by atoms with Gasteiger partial charge >= 0.3 is 18.0 Å². The van der Waals surface area contributed by atoms with Crippen molar-refractivity contribution in [2.45, 2.75) is 19.4 Å². The Kier molecular flexibility index (Phi) is 8.29. The lowest BCUT2D eigenvalue weighted by molar-refractivity contribution is -0.143. The Morgan fingerprint density at radius 1 is 1.33 bits per heavy atom. The summed E-state index contributed by atoms with van der Waals surface area (Å²) in [5.74, 6) is -1.62. The fraction of sp³-hybridized carbons (Fsp3) is 0.700. The number of ether oxygens (including phenoxy) is 2. The summed E-state index contributed by atoms with van der Waals surface area (Å²) in [4.78, 5) is 32.9. The molecule has 1 atom stereocenters. The summed E-state index contributed by atoms with van der Waals surface area (Å²) in [6, 6.07) is -1.80. The molecule has 0 bridgehead atoms. The number of aliphatic carboxylic acids is 1. The van der Waals surface area contributed by atoms with Gasteiger partial charge in [0.25, 0.3) is 0 Å². The number of carbonyl (C=O) groups is 3. The lowest BCUT2D eigenvalue weighted by atomic mass is 10.3. The zero-order chi connectivity index (χ0) is 14.0. The molecule has 0 rings (SSSR count). The molecule has 104 valence electrons. The Morgan fingerprint density at radius 3 is 2.50 bits per heavy atom. The number of carbonyl (C=O) groups excluding carboxylic acids is 2. The van der Waals surface area contributed by atoms with E-state index in [4.69, 9.17) is 5.11 Å². The molecule has 0 aliphatic rings. The molecule has 0 fully saturated rings. The SMILES string of the molecule is CCOC(=O)CCNC(=O)NC(COC)C(=O)O. The number of rotatable bonds is 8. The summed E-state index contributed by atoms with van der Waals surface area (Å²) in [5, 5.41) is 13.3. The van der Waals surface area contributed by atoms with Crippen molar-refractivity contribution in [3.63, 3.8) is 0 Å². The van der Waals surface area contributed by atoms with Gasteiger partial charge in [-0.1, -0.05) is 0 Å². The Balaban J connectivity index is 3.88. The normalized spacial score (nSPS) is 11.4. The maximum absolute atomic E-state index is 11.3. The summed E-state index contributed by atoms with van der Waals surface area (Å²) in [5.41, 5.74) is 0. The van der Waals surface area contributed by atoms with Gasteiger partial charge in [0, 0.05) is 13.7 Å². The van der Waals surface area contributed by atoms with Crippen LogP contribution in [0.2, 0.25) is 0 Å². The van der Waals surface area contributed by atoms with Crippen LogP contribution in [-0.4, -0.2) is 56.0 Å². The first kappa shape index (κ1) is 16.2. The summed E-state index contributed by atoms with van der Waals surface area (Å²) in [6.07, 6.45) is 0.0310.